The largest absolute Gasteiger partial charge is 0.466 e. The molecule has 0 spiro atoms. The Morgan fingerprint density at radius 1 is 1.32 bits per heavy atom. The van der Waals surface area contributed by atoms with Crippen molar-refractivity contribution in [2.75, 3.05) is 26.9 Å². The number of amides is 1. The van der Waals surface area contributed by atoms with Crippen LogP contribution < -0.4 is 11.1 Å². The Morgan fingerprint density at radius 2 is 2.00 bits per heavy atom. The van der Waals surface area contributed by atoms with Crippen molar-refractivity contribution in [1.29, 1.82) is 0 Å². The number of rotatable bonds is 9. The van der Waals surface area contributed by atoms with Crippen LogP contribution in [0.25, 0.3) is 0 Å². The van der Waals surface area contributed by atoms with Gasteiger partial charge in [-0.05, 0) is 25.0 Å². The van der Waals surface area contributed by atoms with E-state index in [2.05, 4.69) is 6.58 Å². The minimum Gasteiger partial charge on any atom is -0.466 e. The summed E-state index contributed by atoms with van der Waals surface area (Å²) in [6.45, 7) is 7.76. The van der Waals surface area contributed by atoms with Gasteiger partial charge in [-0.2, -0.15) is 0 Å². The van der Waals surface area contributed by atoms with Gasteiger partial charge in [-0.15, -0.1) is 0 Å². The summed E-state index contributed by atoms with van der Waals surface area (Å²) in [5.74, 6) is -0.325. The first kappa shape index (κ1) is 19.7. The van der Waals surface area contributed by atoms with Crippen molar-refractivity contribution in [3.63, 3.8) is 0 Å². The molecule has 0 heterocycles. The molecule has 0 aromatic carbocycles. The van der Waals surface area contributed by atoms with Crippen LogP contribution in [0.4, 0.5) is 4.79 Å². The molecule has 1 amide bonds. The second-order valence-corrected chi connectivity index (χ2v) is 4.69. The summed E-state index contributed by atoms with van der Waals surface area (Å²) in [6, 6.07) is 0. The zero-order valence-corrected chi connectivity index (χ0v) is 13.5. The van der Waals surface area contributed by atoms with Gasteiger partial charge in [0, 0.05) is 26.2 Å². The van der Waals surface area contributed by atoms with Crippen molar-refractivity contribution in [3.8, 4) is 0 Å². The Bertz CT molecular complexity index is 444. The van der Waals surface area contributed by atoms with Crippen LogP contribution in [-0.4, -0.2) is 43.9 Å². The van der Waals surface area contributed by atoms with Gasteiger partial charge in [0.2, 0.25) is 6.73 Å². The topological polar surface area (TPSA) is 98.5 Å². The van der Waals surface area contributed by atoms with Crippen molar-refractivity contribution < 1.29 is 24.4 Å². The Balaban J connectivity index is 3.80. The van der Waals surface area contributed by atoms with Crippen LogP contribution in [0.1, 0.15) is 20.3 Å². The van der Waals surface area contributed by atoms with Crippen molar-refractivity contribution in [3.05, 3.63) is 36.2 Å². The van der Waals surface area contributed by atoms with Crippen LogP contribution in [0.3, 0.4) is 0 Å². The molecule has 0 aliphatic rings. The van der Waals surface area contributed by atoms with E-state index in [1.165, 1.54) is 11.8 Å². The molecule has 0 rings (SSSR count). The molecule has 0 aliphatic carbocycles. The molecule has 7 nitrogen and oxygen atoms in total. The Hall–Kier alpha value is -2.28. The Kier molecular flexibility index (Phi) is 10.2. The average Bonchev–Trinajstić information content (AvgIpc) is 2.45. The predicted molar refractivity (Wildman–Crippen MR) is 83.4 cm³/mol. The van der Waals surface area contributed by atoms with E-state index in [9.17, 15) is 9.59 Å². The molecule has 0 atom stereocenters. The molecular weight excluding hydrogens is 286 g/mol. The lowest BCUT2D eigenvalue weighted by Gasteiger charge is -2.15. The minimum atomic E-state index is -0.422. The first-order valence-corrected chi connectivity index (χ1v) is 6.97. The van der Waals surface area contributed by atoms with E-state index < -0.39 is 6.09 Å². The predicted octanol–water partition coefficient (Wildman–Crippen LogP) is 0.461. The number of esters is 1. The fourth-order valence-electron chi connectivity index (χ4n) is 1.28. The fraction of sp³-hybridized carbons (Fsp3) is 0.467. The Labute approximate surface area is 131 Å². The first-order valence-electron chi connectivity index (χ1n) is 6.97. The third-order valence-electron chi connectivity index (χ3n) is 2.66. The standard InChI is InChI=1S/C15H25N3O4/c1-12(13(2)16)7-5-8-17-11-22-15(20)18(4)9-6-10-21-14(3)19/h5,7-8,17H,2,6,9-11,16H2,1,3-4H3/p+1. The maximum atomic E-state index is 11.6. The van der Waals surface area contributed by atoms with E-state index in [1.807, 2.05) is 13.0 Å². The third-order valence-corrected chi connectivity index (χ3v) is 2.66. The molecule has 0 unspecified atom stereocenters. The quantitative estimate of drug-likeness (QED) is 0.279. The lowest BCUT2D eigenvalue weighted by atomic mass is 10.2. The lowest BCUT2D eigenvalue weighted by Crippen LogP contribution is -2.79. The molecule has 0 saturated carbocycles. The van der Waals surface area contributed by atoms with Crippen molar-refractivity contribution >= 4 is 12.1 Å². The second kappa shape index (κ2) is 11.4. The van der Waals surface area contributed by atoms with E-state index in [0.29, 0.717) is 25.3 Å². The van der Waals surface area contributed by atoms with Gasteiger partial charge in [0.05, 0.1) is 12.8 Å². The second-order valence-electron chi connectivity index (χ2n) is 4.69. The highest BCUT2D eigenvalue weighted by atomic mass is 16.6. The maximum Gasteiger partial charge on any atom is 0.413 e. The summed E-state index contributed by atoms with van der Waals surface area (Å²) < 4.78 is 9.83. The number of nitrogens with zero attached hydrogens (tertiary/aromatic N) is 1. The number of nitrogens with two attached hydrogens (primary N) is 2. The van der Waals surface area contributed by atoms with Gasteiger partial charge < -0.3 is 20.1 Å². The van der Waals surface area contributed by atoms with E-state index in [-0.39, 0.29) is 12.7 Å². The molecule has 124 valence electrons. The first-order chi connectivity index (χ1) is 10.3. The number of carbonyl (C=O) groups excluding carboxylic acids is 2. The van der Waals surface area contributed by atoms with Crippen LogP contribution in [0.15, 0.2) is 36.2 Å². The molecule has 7 heteroatoms. The van der Waals surface area contributed by atoms with E-state index in [1.54, 1.807) is 24.6 Å². The molecule has 22 heavy (non-hydrogen) atoms. The minimum absolute atomic E-state index is 0.181. The summed E-state index contributed by atoms with van der Waals surface area (Å²) >= 11 is 0. The smallest absolute Gasteiger partial charge is 0.413 e. The summed E-state index contributed by atoms with van der Waals surface area (Å²) in [7, 11) is 1.63. The van der Waals surface area contributed by atoms with Crippen LogP contribution in [-0.2, 0) is 14.3 Å². The highest BCUT2D eigenvalue weighted by Gasteiger charge is 2.09. The monoisotopic (exact) mass is 312 g/mol. The normalized spacial score (nSPS) is 11.3. The molecular formula is C15H26N3O4+. The van der Waals surface area contributed by atoms with Gasteiger partial charge in [-0.25, -0.2) is 4.79 Å². The van der Waals surface area contributed by atoms with Crippen LogP contribution >= 0.6 is 0 Å². The molecule has 0 fully saturated rings. The molecule has 0 radical (unpaired) electrons. The molecule has 0 saturated heterocycles. The SMILES string of the molecule is C=C(N)C(C)=CC=C[NH2+]COC(=O)N(C)CCCOC(C)=O. The highest BCUT2D eigenvalue weighted by molar-refractivity contribution is 5.67. The molecule has 0 bridgehead atoms. The third kappa shape index (κ3) is 10.5. The number of hydrogen-bond donors (Lipinski definition) is 2. The van der Waals surface area contributed by atoms with Crippen LogP contribution in [0.2, 0.25) is 0 Å². The van der Waals surface area contributed by atoms with Gasteiger partial charge in [0.1, 0.15) is 0 Å². The zero-order chi connectivity index (χ0) is 17.0. The van der Waals surface area contributed by atoms with Crippen LogP contribution in [0.5, 0.6) is 0 Å². The molecule has 0 aromatic heterocycles. The molecule has 4 N–H and O–H groups in total. The lowest BCUT2D eigenvalue weighted by molar-refractivity contribution is -0.620. The maximum absolute atomic E-state index is 11.6. The van der Waals surface area contributed by atoms with Crippen molar-refractivity contribution in [2.45, 2.75) is 20.3 Å². The van der Waals surface area contributed by atoms with Gasteiger partial charge in [0.25, 0.3) is 0 Å². The average molecular weight is 312 g/mol. The number of carbonyl (C=O) groups is 2. The molecule has 0 aromatic rings. The summed E-state index contributed by atoms with van der Waals surface area (Å²) in [5, 5.41) is 1.72. The van der Waals surface area contributed by atoms with E-state index >= 15 is 0 Å². The van der Waals surface area contributed by atoms with Crippen molar-refractivity contribution in [2.24, 2.45) is 5.73 Å². The molecule has 0 aliphatic heterocycles. The summed E-state index contributed by atoms with van der Waals surface area (Å²) in [6.07, 6.45) is 5.53. The van der Waals surface area contributed by atoms with E-state index in [0.717, 1.165) is 5.57 Å². The summed E-state index contributed by atoms with van der Waals surface area (Å²) in [5.41, 5.74) is 6.91. The number of hydrogen-bond acceptors (Lipinski definition) is 5. The van der Waals surface area contributed by atoms with Gasteiger partial charge in [-0.3, -0.25) is 10.1 Å². The Morgan fingerprint density at radius 3 is 2.59 bits per heavy atom. The zero-order valence-electron chi connectivity index (χ0n) is 13.5. The van der Waals surface area contributed by atoms with Gasteiger partial charge >= 0.3 is 12.1 Å². The summed E-state index contributed by atoms with van der Waals surface area (Å²) in [4.78, 5) is 23.6. The van der Waals surface area contributed by atoms with Crippen LogP contribution in [0, 0.1) is 0 Å². The van der Waals surface area contributed by atoms with Gasteiger partial charge in [0.15, 0.2) is 0 Å². The van der Waals surface area contributed by atoms with E-state index in [4.69, 9.17) is 15.2 Å². The highest BCUT2D eigenvalue weighted by Crippen LogP contribution is 1.98. The number of ether oxygens (including phenoxy) is 2. The number of quaternary nitrogens is 1. The van der Waals surface area contributed by atoms with Gasteiger partial charge in [-0.1, -0.05) is 12.7 Å². The van der Waals surface area contributed by atoms with Crippen molar-refractivity contribution in [1.82, 2.24) is 4.90 Å². The number of allylic oxidation sites excluding steroid dienone is 3. The fourth-order valence-corrected chi connectivity index (χ4v) is 1.28.